The fraction of sp³-hybridized carbons (Fsp3) is 0.647. The van der Waals surface area contributed by atoms with E-state index in [1.54, 1.807) is 13.2 Å². The summed E-state index contributed by atoms with van der Waals surface area (Å²) in [5.74, 6) is 0. The van der Waals surface area contributed by atoms with Crippen molar-refractivity contribution in [3.63, 3.8) is 0 Å². The highest BCUT2D eigenvalue weighted by atomic mass is 35.5. The van der Waals surface area contributed by atoms with E-state index in [1.165, 1.54) is 0 Å². The molecule has 1 saturated heterocycles. The molecular weight excluding hydrogens is 330 g/mol. The van der Waals surface area contributed by atoms with Crippen LogP contribution < -0.4 is 5.32 Å². The molecule has 7 heteroatoms. The van der Waals surface area contributed by atoms with Crippen LogP contribution in [-0.2, 0) is 16.0 Å². The van der Waals surface area contributed by atoms with Crippen molar-refractivity contribution >= 4 is 17.7 Å². The molecule has 134 valence electrons. The average molecular weight is 356 g/mol. The highest BCUT2D eigenvalue weighted by Crippen LogP contribution is 2.19. The van der Waals surface area contributed by atoms with Crippen molar-refractivity contribution in [1.29, 1.82) is 0 Å². The molecule has 0 unspecified atom stereocenters. The van der Waals surface area contributed by atoms with Gasteiger partial charge >= 0.3 is 6.09 Å². The summed E-state index contributed by atoms with van der Waals surface area (Å²) in [6, 6.07) is 3.68. The number of methoxy groups -OCH3 is 1. The van der Waals surface area contributed by atoms with Gasteiger partial charge in [-0.25, -0.2) is 9.78 Å². The molecule has 1 aliphatic rings. The topological polar surface area (TPSA) is 63.7 Å². The molecule has 2 atom stereocenters. The van der Waals surface area contributed by atoms with Crippen molar-refractivity contribution in [3.8, 4) is 0 Å². The van der Waals surface area contributed by atoms with Gasteiger partial charge in [-0.1, -0.05) is 17.7 Å². The summed E-state index contributed by atoms with van der Waals surface area (Å²) in [5.41, 5.74) is 1.52. The molecule has 1 aliphatic heterocycles. The van der Waals surface area contributed by atoms with Gasteiger partial charge in [0.05, 0.1) is 12.1 Å². The Hall–Kier alpha value is -1.37. The van der Waals surface area contributed by atoms with Gasteiger partial charge in [0.25, 0.3) is 0 Å². The maximum atomic E-state index is 12.0. The third-order valence-electron chi connectivity index (χ3n) is 3.90. The van der Waals surface area contributed by atoms with E-state index in [4.69, 9.17) is 21.1 Å². The Morgan fingerprint density at radius 3 is 2.71 bits per heavy atom. The molecule has 1 fully saturated rings. The van der Waals surface area contributed by atoms with Gasteiger partial charge in [0, 0.05) is 32.4 Å². The second-order valence-corrected chi connectivity index (χ2v) is 7.49. The van der Waals surface area contributed by atoms with E-state index < -0.39 is 11.7 Å². The quantitative estimate of drug-likeness (QED) is 0.841. The van der Waals surface area contributed by atoms with Crippen LogP contribution in [0.15, 0.2) is 12.1 Å². The number of hydrogen-bond donors (Lipinski definition) is 1. The van der Waals surface area contributed by atoms with Crippen molar-refractivity contribution in [2.75, 3.05) is 20.2 Å². The van der Waals surface area contributed by atoms with Gasteiger partial charge in [-0.05, 0) is 39.3 Å². The number of amides is 1. The molecule has 0 spiro atoms. The molecule has 24 heavy (non-hydrogen) atoms. The van der Waals surface area contributed by atoms with Crippen LogP contribution in [-0.4, -0.2) is 53.9 Å². The monoisotopic (exact) mass is 355 g/mol. The van der Waals surface area contributed by atoms with Crippen LogP contribution in [0.5, 0.6) is 0 Å². The maximum absolute atomic E-state index is 12.0. The predicted molar refractivity (Wildman–Crippen MR) is 93.2 cm³/mol. The molecule has 0 aliphatic carbocycles. The van der Waals surface area contributed by atoms with Crippen LogP contribution in [0.2, 0.25) is 5.15 Å². The molecule has 0 radical (unpaired) electrons. The lowest BCUT2D eigenvalue weighted by atomic mass is 10.2. The first kappa shape index (κ1) is 19.0. The number of ether oxygens (including phenoxy) is 2. The smallest absolute Gasteiger partial charge is 0.408 e. The second-order valence-electron chi connectivity index (χ2n) is 7.10. The first-order valence-corrected chi connectivity index (χ1v) is 8.42. The van der Waals surface area contributed by atoms with Crippen molar-refractivity contribution in [2.24, 2.45) is 0 Å². The number of rotatable bonds is 4. The van der Waals surface area contributed by atoms with Crippen molar-refractivity contribution in [2.45, 2.75) is 52.0 Å². The summed E-state index contributed by atoms with van der Waals surface area (Å²) in [5, 5.41) is 3.41. The minimum absolute atomic E-state index is 0.0712. The van der Waals surface area contributed by atoms with E-state index in [2.05, 4.69) is 15.2 Å². The van der Waals surface area contributed by atoms with Crippen molar-refractivity contribution < 1.29 is 14.3 Å². The number of likely N-dealkylation sites (tertiary alicyclic amines) is 1. The van der Waals surface area contributed by atoms with Gasteiger partial charge in [0.1, 0.15) is 10.8 Å². The van der Waals surface area contributed by atoms with Crippen LogP contribution in [0.3, 0.4) is 0 Å². The molecule has 6 nitrogen and oxygen atoms in total. The molecule has 0 aromatic carbocycles. The minimum Gasteiger partial charge on any atom is -0.444 e. The van der Waals surface area contributed by atoms with Gasteiger partial charge in [0.15, 0.2) is 0 Å². The molecule has 0 saturated carbocycles. The van der Waals surface area contributed by atoms with Gasteiger partial charge in [-0.2, -0.15) is 0 Å². The van der Waals surface area contributed by atoms with Gasteiger partial charge in [-0.3, -0.25) is 4.90 Å². The Morgan fingerprint density at radius 1 is 1.42 bits per heavy atom. The van der Waals surface area contributed by atoms with E-state index in [9.17, 15) is 4.79 Å². The molecular formula is C17H26ClN3O3. The van der Waals surface area contributed by atoms with Gasteiger partial charge in [-0.15, -0.1) is 0 Å². The second kappa shape index (κ2) is 7.68. The standard InChI is InChI=1S/C17H26ClN3O3/c1-11-12(6-7-15(18)19-11)8-21-9-13(14(10-21)23-5)20-16(22)24-17(2,3)4/h6-7,13-14H,8-10H2,1-5H3,(H,20,22)/t13-,14-/m1/s1. The zero-order valence-corrected chi connectivity index (χ0v) is 15.7. The van der Waals surface area contributed by atoms with Crippen LogP contribution in [0.25, 0.3) is 0 Å². The highest BCUT2D eigenvalue weighted by Gasteiger charge is 2.35. The van der Waals surface area contributed by atoms with E-state index in [0.29, 0.717) is 11.7 Å². The maximum Gasteiger partial charge on any atom is 0.408 e. The summed E-state index contributed by atoms with van der Waals surface area (Å²) in [6.45, 7) is 9.65. The minimum atomic E-state index is -0.517. The average Bonchev–Trinajstić information content (AvgIpc) is 2.81. The number of hydrogen-bond acceptors (Lipinski definition) is 5. The molecule has 2 rings (SSSR count). The number of nitrogens with one attached hydrogen (secondary N) is 1. The zero-order chi connectivity index (χ0) is 17.9. The summed E-state index contributed by atoms with van der Waals surface area (Å²) in [7, 11) is 1.66. The largest absolute Gasteiger partial charge is 0.444 e. The number of pyridine rings is 1. The molecule has 1 aromatic rings. The molecule has 1 aromatic heterocycles. The van der Waals surface area contributed by atoms with E-state index in [-0.39, 0.29) is 12.1 Å². The summed E-state index contributed by atoms with van der Waals surface area (Å²) in [4.78, 5) is 18.5. The summed E-state index contributed by atoms with van der Waals surface area (Å²) >= 11 is 5.91. The van der Waals surface area contributed by atoms with E-state index >= 15 is 0 Å². The number of aryl methyl sites for hydroxylation is 1. The molecule has 1 amide bonds. The van der Waals surface area contributed by atoms with Crippen LogP contribution >= 0.6 is 11.6 Å². The fourth-order valence-corrected chi connectivity index (χ4v) is 2.97. The normalized spacial score (nSPS) is 21.8. The Bertz CT molecular complexity index is 589. The first-order chi connectivity index (χ1) is 11.2. The predicted octanol–water partition coefficient (Wildman–Crippen LogP) is 2.77. The number of alkyl carbamates (subject to hydrolysis) is 1. The van der Waals surface area contributed by atoms with Crippen LogP contribution in [0.4, 0.5) is 4.79 Å². The Morgan fingerprint density at radius 2 is 2.12 bits per heavy atom. The SMILES string of the molecule is CO[C@@H]1CN(Cc2ccc(Cl)nc2C)C[C@H]1NC(=O)OC(C)(C)C. The zero-order valence-electron chi connectivity index (χ0n) is 14.9. The molecule has 2 heterocycles. The summed E-state index contributed by atoms with van der Waals surface area (Å²) in [6.07, 6.45) is -0.487. The first-order valence-electron chi connectivity index (χ1n) is 8.04. The fourth-order valence-electron chi connectivity index (χ4n) is 2.78. The highest BCUT2D eigenvalue weighted by molar-refractivity contribution is 6.29. The molecule has 0 bridgehead atoms. The number of aromatic nitrogens is 1. The number of carbonyl (C=O) groups excluding carboxylic acids is 1. The lowest BCUT2D eigenvalue weighted by Crippen LogP contribution is -2.45. The van der Waals surface area contributed by atoms with Crippen LogP contribution in [0, 0.1) is 6.92 Å². The number of halogens is 1. The third kappa shape index (κ3) is 5.33. The van der Waals surface area contributed by atoms with Crippen LogP contribution in [0.1, 0.15) is 32.0 Å². The van der Waals surface area contributed by atoms with E-state index in [0.717, 1.165) is 24.3 Å². The number of nitrogens with zero attached hydrogens (tertiary/aromatic N) is 2. The van der Waals surface area contributed by atoms with Crippen molar-refractivity contribution in [3.05, 3.63) is 28.5 Å². The molecule has 1 N–H and O–H groups in total. The third-order valence-corrected chi connectivity index (χ3v) is 4.11. The lowest BCUT2D eigenvalue weighted by molar-refractivity contribution is 0.0415. The van der Waals surface area contributed by atoms with Crippen molar-refractivity contribution in [1.82, 2.24) is 15.2 Å². The van der Waals surface area contributed by atoms with Gasteiger partial charge < -0.3 is 14.8 Å². The van der Waals surface area contributed by atoms with Gasteiger partial charge in [0.2, 0.25) is 0 Å². The Labute approximate surface area is 148 Å². The lowest BCUT2D eigenvalue weighted by Gasteiger charge is -2.23. The summed E-state index contributed by atoms with van der Waals surface area (Å²) < 4.78 is 10.9. The van der Waals surface area contributed by atoms with E-state index in [1.807, 2.05) is 33.8 Å². The number of carbonyl (C=O) groups is 1. The Kier molecular flexibility index (Phi) is 6.06. The Balaban J connectivity index is 1.97.